The molecule has 0 radical (unpaired) electrons. The minimum Gasteiger partial charge on any atom is -0.481 e. The number of carboxylic acids is 1. The van der Waals surface area contributed by atoms with E-state index in [1.54, 1.807) is 6.92 Å². The van der Waals surface area contributed by atoms with Gasteiger partial charge in [0.1, 0.15) is 6.61 Å². The van der Waals surface area contributed by atoms with Gasteiger partial charge in [-0.15, -0.1) is 0 Å². The maximum Gasteiger partial charge on any atom is 0.407 e. The zero-order valence-electron chi connectivity index (χ0n) is 20.8. The van der Waals surface area contributed by atoms with Crippen LogP contribution >= 0.6 is 0 Å². The molecule has 0 spiro atoms. The molecule has 2 unspecified atom stereocenters. The molecule has 2 atom stereocenters. The molecule has 1 aliphatic carbocycles. The molecule has 0 saturated carbocycles. The molecule has 7 nitrogen and oxygen atoms in total. The number of amides is 2. The van der Waals surface area contributed by atoms with Gasteiger partial charge in [0.25, 0.3) is 0 Å². The molecule has 7 heteroatoms. The SMILES string of the molecule is CC(C)CC(CNC(=O)OCC1c2ccccc2-c2ccccc21)CC(=O)NCC(C)CC(=O)O. The molecule has 188 valence electrons. The second-order valence-corrected chi connectivity index (χ2v) is 9.91. The Balaban J connectivity index is 1.50. The highest BCUT2D eigenvalue weighted by Crippen LogP contribution is 2.44. The third-order valence-electron chi connectivity index (χ3n) is 6.33. The van der Waals surface area contributed by atoms with Crippen molar-refractivity contribution in [2.45, 2.75) is 46.0 Å². The summed E-state index contributed by atoms with van der Waals surface area (Å²) in [5.74, 6) is -0.829. The molecule has 3 rings (SSSR count). The number of fused-ring (bicyclic) bond motifs is 3. The number of hydrogen-bond donors (Lipinski definition) is 3. The minimum atomic E-state index is -0.878. The van der Waals surface area contributed by atoms with Crippen LogP contribution in [-0.4, -0.2) is 42.8 Å². The third kappa shape index (κ3) is 7.57. The standard InChI is InChI=1S/C28H36N2O5/c1-18(2)12-20(14-26(31)29-15-19(3)13-27(32)33)16-30-28(34)35-17-25-23-10-6-4-8-21(23)22-9-5-7-11-24(22)25/h4-11,18-20,25H,12-17H2,1-3H3,(H,29,31)(H,30,34)(H,32,33). The van der Waals surface area contributed by atoms with Crippen molar-refractivity contribution in [3.8, 4) is 11.1 Å². The average Bonchev–Trinajstić information content (AvgIpc) is 3.13. The lowest BCUT2D eigenvalue weighted by molar-refractivity contribution is -0.138. The van der Waals surface area contributed by atoms with Crippen molar-refractivity contribution in [1.82, 2.24) is 10.6 Å². The lowest BCUT2D eigenvalue weighted by Crippen LogP contribution is -2.35. The first kappa shape index (κ1) is 26.3. The van der Waals surface area contributed by atoms with E-state index in [1.165, 1.54) is 11.1 Å². The fourth-order valence-electron chi connectivity index (χ4n) is 4.78. The number of hydrogen-bond acceptors (Lipinski definition) is 4. The number of nitrogens with one attached hydrogen (secondary N) is 2. The smallest absolute Gasteiger partial charge is 0.407 e. The summed E-state index contributed by atoms with van der Waals surface area (Å²) in [6, 6.07) is 16.4. The average molecular weight is 481 g/mol. The summed E-state index contributed by atoms with van der Waals surface area (Å²) >= 11 is 0. The molecular weight excluding hydrogens is 444 g/mol. The first-order valence-corrected chi connectivity index (χ1v) is 12.3. The molecule has 1 aliphatic rings. The largest absolute Gasteiger partial charge is 0.481 e. The number of aliphatic carboxylic acids is 1. The molecule has 3 N–H and O–H groups in total. The van der Waals surface area contributed by atoms with Crippen molar-refractivity contribution < 1.29 is 24.2 Å². The molecule has 2 aromatic rings. The maximum atomic E-state index is 12.5. The second kappa shape index (κ2) is 12.4. The van der Waals surface area contributed by atoms with Gasteiger partial charge in [0.2, 0.25) is 5.91 Å². The Hall–Kier alpha value is -3.35. The summed E-state index contributed by atoms with van der Waals surface area (Å²) in [5.41, 5.74) is 4.68. The highest BCUT2D eigenvalue weighted by Gasteiger charge is 2.29. The summed E-state index contributed by atoms with van der Waals surface area (Å²) in [7, 11) is 0. The van der Waals surface area contributed by atoms with E-state index in [0.29, 0.717) is 19.0 Å². The lowest BCUT2D eigenvalue weighted by atomic mass is 9.93. The Bertz CT molecular complexity index is 990. The van der Waals surface area contributed by atoms with Crippen LogP contribution in [-0.2, 0) is 14.3 Å². The summed E-state index contributed by atoms with van der Waals surface area (Å²) in [6.45, 7) is 6.85. The molecule has 35 heavy (non-hydrogen) atoms. The van der Waals surface area contributed by atoms with Crippen LogP contribution < -0.4 is 10.6 Å². The van der Waals surface area contributed by atoms with Crippen molar-refractivity contribution in [2.75, 3.05) is 19.7 Å². The van der Waals surface area contributed by atoms with Crippen molar-refractivity contribution in [2.24, 2.45) is 17.8 Å². The van der Waals surface area contributed by atoms with Gasteiger partial charge in [-0.25, -0.2) is 4.79 Å². The van der Waals surface area contributed by atoms with E-state index in [-0.39, 0.29) is 43.1 Å². The van der Waals surface area contributed by atoms with Crippen molar-refractivity contribution in [3.05, 3.63) is 59.7 Å². The minimum absolute atomic E-state index is 0.00168. The Morgan fingerprint density at radius 1 is 0.886 bits per heavy atom. The molecule has 2 amide bonds. The van der Waals surface area contributed by atoms with E-state index in [9.17, 15) is 14.4 Å². The number of ether oxygens (including phenoxy) is 1. The van der Waals surface area contributed by atoms with E-state index in [4.69, 9.17) is 9.84 Å². The highest BCUT2D eigenvalue weighted by molar-refractivity contribution is 5.79. The fraction of sp³-hybridized carbons (Fsp3) is 0.464. The Kier molecular flexibility index (Phi) is 9.29. The van der Waals surface area contributed by atoms with Crippen molar-refractivity contribution in [3.63, 3.8) is 0 Å². The first-order valence-electron chi connectivity index (χ1n) is 12.3. The molecule has 0 heterocycles. The lowest BCUT2D eigenvalue weighted by Gasteiger charge is -2.20. The van der Waals surface area contributed by atoms with Crippen LogP contribution in [0.3, 0.4) is 0 Å². The summed E-state index contributed by atoms with van der Waals surface area (Å²) in [6.07, 6.45) is 0.568. The van der Waals surface area contributed by atoms with Crippen LogP contribution in [0.25, 0.3) is 11.1 Å². The van der Waals surface area contributed by atoms with Gasteiger partial charge in [-0.2, -0.15) is 0 Å². The maximum absolute atomic E-state index is 12.5. The summed E-state index contributed by atoms with van der Waals surface area (Å²) < 4.78 is 5.61. The molecular formula is C28H36N2O5. The normalized spacial score (nSPS) is 14.1. The van der Waals surface area contributed by atoms with Crippen LogP contribution in [0.5, 0.6) is 0 Å². The van der Waals surface area contributed by atoms with Gasteiger partial charge in [0.15, 0.2) is 0 Å². The van der Waals surface area contributed by atoms with Crippen LogP contribution in [0.15, 0.2) is 48.5 Å². The van der Waals surface area contributed by atoms with Gasteiger partial charge < -0.3 is 20.5 Å². The molecule has 0 saturated heterocycles. The quantitative estimate of drug-likeness (QED) is 0.405. The molecule has 0 aliphatic heterocycles. The van der Waals surface area contributed by atoms with Crippen molar-refractivity contribution >= 4 is 18.0 Å². The van der Waals surface area contributed by atoms with Crippen LogP contribution in [0.2, 0.25) is 0 Å². The molecule has 0 bridgehead atoms. The predicted octanol–water partition coefficient (Wildman–Crippen LogP) is 4.80. The fourth-order valence-corrected chi connectivity index (χ4v) is 4.78. The first-order chi connectivity index (χ1) is 16.7. The van der Waals surface area contributed by atoms with Gasteiger partial charge in [-0.1, -0.05) is 69.3 Å². The Morgan fingerprint density at radius 3 is 2.06 bits per heavy atom. The third-order valence-corrected chi connectivity index (χ3v) is 6.33. The van der Waals surface area contributed by atoms with Gasteiger partial charge in [0, 0.05) is 31.8 Å². The van der Waals surface area contributed by atoms with Gasteiger partial charge >= 0.3 is 12.1 Å². The van der Waals surface area contributed by atoms with Gasteiger partial charge in [-0.3, -0.25) is 9.59 Å². The van der Waals surface area contributed by atoms with Gasteiger partial charge in [0.05, 0.1) is 0 Å². The summed E-state index contributed by atoms with van der Waals surface area (Å²) in [5, 5.41) is 14.5. The predicted molar refractivity (Wildman–Crippen MR) is 135 cm³/mol. The van der Waals surface area contributed by atoms with Crippen molar-refractivity contribution in [1.29, 1.82) is 0 Å². The van der Waals surface area contributed by atoms with Crippen LogP contribution in [0.1, 0.15) is 57.1 Å². The number of carboxylic acid groups (broad SMARTS) is 1. The monoisotopic (exact) mass is 480 g/mol. The Morgan fingerprint density at radius 2 is 1.49 bits per heavy atom. The van der Waals surface area contributed by atoms with E-state index in [0.717, 1.165) is 17.5 Å². The molecule has 0 aromatic heterocycles. The molecule has 0 fully saturated rings. The number of carbonyl (C=O) groups is 3. The number of carbonyl (C=O) groups excluding carboxylic acids is 2. The van der Waals surface area contributed by atoms with Gasteiger partial charge in [-0.05, 0) is 46.4 Å². The number of alkyl carbamates (subject to hydrolysis) is 1. The van der Waals surface area contributed by atoms with E-state index in [2.05, 4.69) is 48.7 Å². The van der Waals surface area contributed by atoms with E-state index in [1.807, 2.05) is 24.3 Å². The topological polar surface area (TPSA) is 105 Å². The highest BCUT2D eigenvalue weighted by atomic mass is 16.5. The Labute approximate surface area is 207 Å². The van der Waals surface area contributed by atoms with E-state index < -0.39 is 12.1 Å². The zero-order valence-corrected chi connectivity index (χ0v) is 20.8. The zero-order chi connectivity index (χ0) is 25.4. The van der Waals surface area contributed by atoms with E-state index >= 15 is 0 Å². The van der Waals surface area contributed by atoms with Crippen LogP contribution in [0, 0.1) is 17.8 Å². The second-order valence-electron chi connectivity index (χ2n) is 9.91. The number of benzene rings is 2. The number of rotatable bonds is 12. The van der Waals surface area contributed by atoms with Crippen LogP contribution in [0.4, 0.5) is 4.79 Å². The molecule has 2 aromatic carbocycles. The summed E-state index contributed by atoms with van der Waals surface area (Å²) in [4.78, 5) is 35.7.